The van der Waals surface area contributed by atoms with Crippen LogP contribution < -0.4 is 0 Å². The number of carbonyl (C=O) groups is 2. The topological polar surface area (TPSA) is 74.6 Å². The molecule has 0 aliphatic heterocycles. The lowest BCUT2D eigenvalue weighted by molar-refractivity contribution is -0.153. The fourth-order valence-corrected chi connectivity index (χ4v) is 2.32. The summed E-state index contributed by atoms with van der Waals surface area (Å²) in [5, 5.41) is 18.2. The Morgan fingerprint density at radius 3 is 2.17 bits per heavy atom. The van der Waals surface area contributed by atoms with E-state index in [1.165, 1.54) is 0 Å². The fourth-order valence-electron chi connectivity index (χ4n) is 2.32. The third-order valence-corrected chi connectivity index (χ3v) is 3.32. The second-order valence-corrected chi connectivity index (χ2v) is 4.42. The molecule has 0 bridgehead atoms. The van der Waals surface area contributed by atoms with Crippen LogP contribution in [0.1, 0.15) is 18.4 Å². The van der Waals surface area contributed by atoms with Gasteiger partial charge in [-0.15, -0.1) is 0 Å². The molecule has 0 fully saturated rings. The Kier molecular flexibility index (Phi) is 3.46. The number of rotatable bonds is 3. The second-order valence-electron chi connectivity index (χ2n) is 4.42. The van der Waals surface area contributed by atoms with Crippen molar-refractivity contribution in [2.75, 3.05) is 0 Å². The van der Waals surface area contributed by atoms with Crippen LogP contribution in [-0.2, 0) is 9.59 Å². The Morgan fingerprint density at radius 2 is 1.61 bits per heavy atom. The zero-order valence-corrected chi connectivity index (χ0v) is 9.74. The standard InChI is InChI=1S/C14H14O4/c15-13(16)11-7-6-10(8-12(11)14(17)18)9-4-2-1-3-5-9/h1-6,11-12H,7-8H2,(H,15,16)(H,17,18). The van der Waals surface area contributed by atoms with E-state index in [1.807, 2.05) is 36.4 Å². The van der Waals surface area contributed by atoms with E-state index in [9.17, 15) is 9.59 Å². The van der Waals surface area contributed by atoms with E-state index < -0.39 is 23.8 Å². The third-order valence-electron chi connectivity index (χ3n) is 3.32. The van der Waals surface area contributed by atoms with Crippen LogP contribution in [-0.4, -0.2) is 22.2 Å². The van der Waals surface area contributed by atoms with Gasteiger partial charge in [-0.3, -0.25) is 9.59 Å². The number of hydrogen-bond acceptors (Lipinski definition) is 2. The smallest absolute Gasteiger partial charge is 0.307 e. The van der Waals surface area contributed by atoms with E-state index in [0.29, 0.717) is 0 Å². The van der Waals surface area contributed by atoms with Crippen molar-refractivity contribution in [3.05, 3.63) is 42.0 Å². The van der Waals surface area contributed by atoms with Gasteiger partial charge in [0, 0.05) is 0 Å². The molecule has 1 aliphatic carbocycles. The monoisotopic (exact) mass is 246 g/mol. The van der Waals surface area contributed by atoms with Crippen molar-refractivity contribution in [2.45, 2.75) is 12.8 Å². The molecule has 2 rings (SSSR count). The molecule has 0 spiro atoms. The molecule has 0 aromatic heterocycles. The zero-order chi connectivity index (χ0) is 13.1. The Bertz CT molecular complexity index is 490. The van der Waals surface area contributed by atoms with Crippen LogP contribution in [0.5, 0.6) is 0 Å². The first-order chi connectivity index (χ1) is 8.59. The molecule has 1 aromatic rings. The number of allylic oxidation sites excluding steroid dienone is 2. The van der Waals surface area contributed by atoms with Crippen molar-refractivity contribution in [2.24, 2.45) is 11.8 Å². The summed E-state index contributed by atoms with van der Waals surface area (Å²) in [5.41, 5.74) is 1.88. The number of aliphatic carboxylic acids is 2. The van der Waals surface area contributed by atoms with Crippen molar-refractivity contribution in [3.63, 3.8) is 0 Å². The van der Waals surface area contributed by atoms with E-state index >= 15 is 0 Å². The highest BCUT2D eigenvalue weighted by Crippen LogP contribution is 2.35. The quantitative estimate of drug-likeness (QED) is 0.857. The lowest BCUT2D eigenvalue weighted by atomic mass is 9.78. The summed E-state index contributed by atoms with van der Waals surface area (Å²) in [5.74, 6) is -3.74. The molecule has 4 heteroatoms. The van der Waals surface area contributed by atoms with Crippen LogP contribution >= 0.6 is 0 Å². The maximum atomic E-state index is 11.2. The van der Waals surface area contributed by atoms with E-state index in [1.54, 1.807) is 0 Å². The van der Waals surface area contributed by atoms with Crippen molar-refractivity contribution in [3.8, 4) is 0 Å². The van der Waals surface area contributed by atoms with Crippen LogP contribution in [0, 0.1) is 11.8 Å². The first-order valence-electron chi connectivity index (χ1n) is 5.79. The molecule has 94 valence electrons. The van der Waals surface area contributed by atoms with Crippen LogP contribution in [0.2, 0.25) is 0 Å². The first kappa shape index (κ1) is 12.4. The largest absolute Gasteiger partial charge is 0.481 e. The molecule has 2 atom stereocenters. The van der Waals surface area contributed by atoms with Crippen LogP contribution in [0.15, 0.2) is 36.4 Å². The van der Waals surface area contributed by atoms with Crippen LogP contribution in [0.25, 0.3) is 5.57 Å². The minimum Gasteiger partial charge on any atom is -0.481 e. The summed E-state index contributed by atoms with van der Waals surface area (Å²) in [6.45, 7) is 0. The van der Waals surface area contributed by atoms with Gasteiger partial charge in [0.2, 0.25) is 0 Å². The molecule has 0 saturated carbocycles. The van der Waals surface area contributed by atoms with E-state index in [4.69, 9.17) is 10.2 Å². The molecule has 1 aromatic carbocycles. The number of carboxylic acid groups (broad SMARTS) is 2. The molecular weight excluding hydrogens is 232 g/mol. The Hall–Kier alpha value is -2.10. The number of benzene rings is 1. The highest BCUT2D eigenvalue weighted by atomic mass is 16.4. The van der Waals surface area contributed by atoms with E-state index in [2.05, 4.69) is 0 Å². The lowest BCUT2D eigenvalue weighted by Gasteiger charge is -2.25. The minimum atomic E-state index is -1.04. The second kappa shape index (κ2) is 5.04. The van der Waals surface area contributed by atoms with Crippen molar-refractivity contribution >= 4 is 17.5 Å². The maximum Gasteiger partial charge on any atom is 0.307 e. The van der Waals surface area contributed by atoms with Crippen LogP contribution in [0.3, 0.4) is 0 Å². The average molecular weight is 246 g/mol. The van der Waals surface area contributed by atoms with Crippen molar-refractivity contribution in [1.29, 1.82) is 0 Å². The molecule has 1 aliphatic rings. The summed E-state index contributed by atoms with van der Waals surface area (Å²) in [6.07, 6.45) is 2.39. The van der Waals surface area contributed by atoms with Gasteiger partial charge >= 0.3 is 11.9 Å². The molecule has 0 radical (unpaired) electrons. The van der Waals surface area contributed by atoms with Gasteiger partial charge in [0.15, 0.2) is 0 Å². The maximum absolute atomic E-state index is 11.2. The minimum absolute atomic E-state index is 0.274. The third kappa shape index (κ3) is 2.42. The van der Waals surface area contributed by atoms with Crippen molar-refractivity contribution in [1.82, 2.24) is 0 Å². The Labute approximate surface area is 105 Å². The lowest BCUT2D eigenvalue weighted by Crippen LogP contribution is -2.31. The average Bonchev–Trinajstić information content (AvgIpc) is 2.39. The number of carboxylic acids is 2. The molecular formula is C14H14O4. The van der Waals surface area contributed by atoms with Gasteiger partial charge in [0.05, 0.1) is 11.8 Å². The summed E-state index contributed by atoms with van der Waals surface area (Å²) in [7, 11) is 0. The molecule has 0 heterocycles. The molecule has 0 saturated heterocycles. The SMILES string of the molecule is O=C(O)C1CC=C(c2ccccc2)CC1C(=O)O. The molecule has 0 amide bonds. The Balaban J connectivity index is 2.27. The van der Waals surface area contributed by atoms with E-state index in [-0.39, 0.29) is 12.8 Å². The van der Waals surface area contributed by atoms with Crippen molar-refractivity contribution < 1.29 is 19.8 Å². The summed E-state index contributed by atoms with van der Waals surface area (Å²) < 4.78 is 0. The van der Waals surface area contributed by atoms with E-state index in [0.717, 1.165) is 11.1 Å². The predicted octanol–water partition coefficient (Wildman–Crippen LogP) is 2.27. The highest BCUT2D eigenvalue weighted by Gasteiger charge is 2.36. The van der Waals surface area contributed by atoms with Gasteiger partial charge in [0.1, 0.15) is 0 Å². The molecule has 2 unspecified atom stereocenters. The highest BCUT2D eigenvalue weighted by molar-refractivity contribution is 5.84. The normalized spacial score (nSPS) is 23.2. The van der Waals surface area contributed by atoms with Crippen LogP contribution in [0.4, 0.5) is 0 Å². The summed E-state index contributed by atoms with van der Waals surface area (Å²) in [6, 6.07) is 9.48. The first-order valence-corrected chi connectivity index (χ1v) is 5.79. The molecule has 2 N–H and O–H groups in total. The zero-order valence-electron chi connectivity index (χ0n) is 9.74. The molecule has 18 heavy (non-hydrogen) atoms. The molecule has 4 nitrogen and oxygen atoms in total. The summed E-state index contributed by atoms with van der Waals surface area (Å²) >= 11 is 0. The van der Waals surface area contributed by atoms with Gasteiger partial charge < -0.3 is 10.2 Å². The number of hydrogen-bond donors (Lipinski definition) is 2. The predicted molar refractivity (Wildman–Crippen MR) is 65.9 cm³/mol. The summed E-state index contributed by atoms with van der Waals surface area (Å²) in [4.78, 5) is 22.2. The Morgan fingerprint density at radius 1 is 1.00 bits per heavy atom. The fraction of sp³-hybridized carbons (Fsp3) is 0.286. The van der Waals surface area contributed by atoms with Gasteiger partial charge in [0.25, 0.3) is 0 Å². The van der Waals surface area contributed by atoms with Gasteiger partial charge in [-0.25, -0.2) is 0 Å². The van der Waals surface area contributed by atoms with Gasteiger partial charge in [-0.05, 0) is 24.0 Å². The van der Waals surface area contributed by atoms with Gasteiger partial charge in [-0.1, -0.05) is 36.4 Å². The van der Waals surface area contributed by atoms with Gasteiger partial charge in [-0.2, -0.15) is 0 Å².